The maximum absolute atomic E-state index is 12.6. The molecule has 1 N–H and O–H groups in total. The summed E-state index contributed by atoms with van der Waals surface area (Å²) in [4.78, 5) is 21.3. The number of nitro benzene ring substituents is 1. The number of hydrazone groups is 1. The van der Waals surface area contributed by atoms with Crippen LogP contribution < -0.4 is 5.43 Å². The van der Waals surface area contributed by atoms with E-state index in [4.69, 9.17) is 0 Å². The smallest absolute Gasteiger partial charge is 0.416 e. The molecule has 26 heavy (non-hydrogen) atoms. The van der Waals surface area contributed by atoms with Gasteiger partial charge in [0, 0.05) is 6.07 Å². The lowest BCUT2D eigenvalue weighted by molar-refractivity contribution is -0.384. The number of ether oxygens (including phenoxy) is 1. The number of halogens is 3. The first-order valence-electron chi connectivity index (χ1n) is 7.05. The highest BCUT2D eigenvalue weighted by Gasteiger charge is 2.33. The fraction of sp³-hybridized carbons (Fsp3) is 0.125. The number of carbonyl (C=O) groups excluding carboxylic acids is 1. The van der Waals surface area contributed by atoms with Gasteiger partial charge in [0.2, 0.25) is 0 Å². The van der Waals surface area contributed by atoms with E-state index in [0.29, 0.717) is 17.2 Å². The van der Waals surface area contributed by atoms with E-state index < -0.39 is 28.3 Å². The van der Waals surface area contributed by atoms with Crippen molar-refractivity contribution in [3.63, 3.8) is 0 Å². The largest absolute Gasteiger partial charge is 0.465 e. The van der Waals surface area contributed by atoms with Gasteiger partial charge in [0.15, 0.2) is 0 Å². The third kappa shape index (κ3) is 4.56. The second kappa shape index (κ2) is 7.64. The van der Waals surface area contributed by atoms with Crippen molar-refractivity contribution < 1.29 is 27.6 Å². The molecule has 2 aromatic rings. The minimum absolute atomic E-state index is 0.189. The summed E-state index contributed by atoms with van der Waals surface area (Å²) in [7, 11) is 1.25. The SMILES string of the molecule is COC(=O)c1ccc(/C=N\Nc2ccc(C(F)(F)F)cc2[N+](=O)[O-])cc1. The zero-order valence-electron chi connectivity index (χ0n) is 13.3. The molecule has 0 bridgehead atoms. The van der Waals surface area contributed by atoms with Crippen molar-refractivity contribution in [1.29, 1.82) is 0 Å². The minimum Gasteiger partial charge on any atom is -0.465 e. The molecule has 10 heteroatoms. The number of methoxy groups -OCH3 is 1. The lowest BCUT2D eigenvalue weighted by Gasteiger charge is -2.08. The first kappa shape index (κ1) is 18.9. The number of alkyl halides is 3. The fourth-order valence-corrected chi connectivity index (χ4v) is 1.95. The number of hydrogen-bond donors (Lipinski definition) is 1. The molecule has 0 unspecified atom stereocenters. The number of carbonyl (C=O) groups is 1. The predicted molar refractivity (Wildman–Crippen MR) is 87.1 cm³/mol. The number of nitrogens with zero attached hydrogens (tertiary/aromatic N) is 2. The Balaban J connectivity index is 2.17. The minimum atomic E-state index is -4.69. The van der Waals surface area contributed by atoms with Crippen molar-refractivity contribution in [2.45, 2.75) is 6.18 Å². The first-order valence-corrected chi connectivity index (χ1v) is 7.05. The summed E-state index contributed by atoms with van der Waals surface area (Å²) in [6.07, 6.45) is -3.39. The van der Waals surface area contributed by atoms with Crippen LogP contribution in [-0.2, 0) is 10.9 Å². The van der Waals surface area contributed by atoms with E-state index in [-0.39, 0.29) is 5.69 Å². The molecule has 0 aliphatic rings. The molecule has 0 aliphatic carbocycles. The molecule has 7 nitrogen and oxygen atoms in total. The molecular formula is C16H12F3N3O4. The van der Waals surface area contributed by atoms with Gasteiger partial charge in [-0.15, -0.1) is 0 Å². The van der Waals surface area contributed by atoms with Gasteiger partial charge in [-0.2, -0.15) is 18.3 Å². The lowest BCUT2D eigenvalue weighted by Crippen LogP contribution is -2.06. The van der Waals surface area contributed by atoms with Gasteiger partial charge >= 0.3 is 12.1 Å². The third-order valence-corrected chi connectivity index (χ3v) is 3.25. The number of anilines is 1. The highest BCUT2D eigenvalue weighted by Crippen LogP contribution is 2.34. The molecule has 0 heterocycles. The monoisotopic (exact) mass is 367 g/mol. The Morgan fingerprint density at radius 2 is 1.88 bits per heavy atom. The molecule has 0 atom stereocenters. The molecule has 2 rings (SSSR count). The molecule has 0 saturated carbocycles. The summed E-state index contributed by atoms with van der Waals surface area (Å²) >= 11 is 0. The average molecular weight is 367 g/mol. The summed E-state index contributed by atoms with van der Waals surface area (Å²) in [6.45, 7) is 0. The number of rotatable bonds is 5. The van der Waals surface area contributed by atoms with Crippen molar-refractivity contribution in [3.05, 3.63) is 69.3 Å². The van der Waals surface area contributed by atoms with Crippen LogP contribution in [0, 0.1) is 10.1 Å². The molecule has 0 amide bonds. The Kier molecular flexibility index (Phi) is 5.55. The van der Waals surface area contributed by atoms with Crippen LogP contribution >= 0.6 is 0 Å². The van der Waals surface area contributed by atoms with E-state index in [2.05, 4.69) is 15.3 Å². The van der Waals surface area contributed by atoms with Crippen molar-refractivity contribution in [1.82, 2.24) is 0 Å². The number of hydrogen-bond acceptors (Lipinski definition) is 6. The Bertz CT molecular complexity index is 849. The highest BCUT2D eigenvalue weighted by atomic mass is 19.4. The maximum atomic E-state index is 12.6. The van der Waals surface area contributed by atoms with Gasteiger partial charge in [-0.3, -0.25) is 15.5 Å². The van der Waals surface area contributed by atoms with E-state index in [9.17, 15) is 28.1 Å². The van der Waals surface area contributed by atoms with Crippen LogP contribution in [0.2, 0.25) is 0 Å². The summed E-state index contributed by atoms with van der Waals surface area (Å²) in [6, 6.07) is 8.18. The van der Waals surface area contributed by atoms with Crippen LogP contribution in [0.3, 0.4) is 0 Å². The standard InChI is InChI=1S/C16H12F3N3O4/c1-26-15(23)11-4-2-10(3-5-11)9-20-21-13-7-6-12(16(17,18)19)8-14(13)22(24)25/h2-9,21H,1H3/b20-9-. The molecule has 0 spiro atoms. The Labute approximate surface area is 145 Å². The lowest BCUT2D eigenvalue weighted by atomic mass is 10.1. The normalized spacial score (nSPS) is 11.4. The van der Waals surface area contributed by atoms with E-state index in [1.54, 1.807) is 12.1 Å². The van der Waals surface area contributed by atoms with Gasteiger partial charge < -0.3 is 4.74 Å². The number of esters is 1. The van der Waals surface area contributed by atoms with Crippen molar-refractivity contribution >= 4 is 23.6 Å². The molecule has 0 aliphatic heterocycles. The van der Waals surface area contributed by atoms with Gasteiger partial charge in [0.05, 0.1) is 29.4 Å². The molecule has 0 fully saturated rings. The summed E-state index contributed by atoms with van der Waals surface area (Å²) < 4.78 is 42.5. The van der Waals surface area contributed by atoms with Crippen LogP contribution in [0.4, 0.5) is 24.5 Å². The second-order valence-corrected chi connectivity index (χ2v) is 4.97. The Morgan fingerprint density at radius 3 is 2.42 bits per heavy atom. The zero-order valence-corrected chi connectivity index (χ0v) is 13.3. The van der Waals surface area contributed by atoms with Gasteiger partial charge in [0.1, 0.15) is 5.69 Å². The van der Waals surface area contributed by atoms with Crippen molar-refractivity contribution in [2.24, 2.45) is 5.10 Å². The quantitative estimate of drug-likeness (QED) is 0.375. The van der Waals surface area contributed by atoms with E-state index in [0.717, 1.165) is 12.1 Å². The summed E-state index contributed by atoms with van der Waals surface area (Å²) in [5.74, 6) is -0.507. The van der Waals surface area contributed by atoms with E-state index in [1.807, 2.05) is 0 Å². The predicted octanol–water partition coefficient (Wildman–Crippen LogP) is 3.85. The molecule has 0 aromatic heterocycles. The maximum Gasteiger partial charge on any atom is 0.416 e. The molecule has 2 aromatic carbocycles. The van der Waals surface area contributed by atoms with E-state index >= 15 is 0 Å². The zero-order chi connectivity index (χ0) is 19.3. The van der Waals surface area contributed by atoms with Crippen LogP contribution in [0.15, 0.2) is 47.6 Å². The molecule has 0 radical (unpaired) electrons. The van der Waals surface area contributed by atoms with Crippen molar-refractivity contribution in [3.8, 4) is 0 Å². The third-order valence-electron chi connectivity index (χ3n) is 3.25. The topological polar surface area (TPSA) is 93.8 Å². The molecule has 136 valence electrons. The number of benzene rings is 2. The van der Waals surface area contributed by atoms with Gasteiger partial charge in [0.25, 0.3) is 5.69 Å². The van der Waals surface area contributed by atoms with Gasteiger partial charge in [-0.05, 0) is 29.8 Å². The van der Waals surface area contributed by atoms with Gasteiger partial charge in [-0.25, -0.2) is 4.79 Å². The fourth-order valence-electron chi connectivity index (χ4n) is 1.95. The van der Waals surface area contributed by atoms with Crippen LogP contribution in [0.5, 0.6) is 0 Å². The van der Waals surface area contributed by atoms with Crippen LogP contribution in [0.25, 0.3) is 0 Å². The number of nitro groups is 1. The molecular weight excluding hydrogens is 355 g/mol. The average Bonchev–Trinajstić information content (AvgIpc) is 2.60. The van der Waals surface area contributed by atoms with Gasteiger partial charge in [-0.1, -0.05) is 12.1 Å². The van der Waals surface area contributed by atoms with Crippen LogP contribution in [0.1, 0.15) is 21.5 Å². The summed E-state index contributed by atoms with van der Waals surface area (Å²) in [5.41, 5.74) is 1.16. The van der Waals surface area contributed by atoms with Crippen LogP contribution in [-0.4, -0.2) is 24.2 Å². The van der Waals surface area contributed by atoms with E-state index in [1.165, 1.54) is 25.5 Å². The van der Waals surface area contributed by atoms with Crippen molar-refractivity contribution in [2.75, 3.05) is 12.5 Å². The Morgan fingerprint density at radius 1 is 1.23 bits per heavy atom. The Hall–Kier alpha value is -3.43. The second-order valence-electron chi connectivity index (χ2n) is 4.97. The summed E-state index contributed by atoms with van der Waals surface area (Å²) in [5, 5.41) is 14.7. The highest BCUT2D eigenvalue weighted by molar-refractivity contribution is 5.90. The number of nitrogens with one attached hydrogen (secondary N) is 1. The molecule has 0 saturated heterocycles. The first-order chi connectivity index (χ1) is 12.2.